The lowest BCUT2D eigenvalue weighted by Crippen LogP contribution is -2.45. The first kappa shape index (κ1) is 23.6. The predicted molar refractivity (Wildman–Crippen MR) is 150 cm³/mol. The molecule has 1 saturated carbocycles. The number of amides is 1. The van der Waals surface area contributed by atoms with Crippen LogP contribution in [0.5, 0.6) is 5.75 Å². The van der Waals surface area contributed by atoms with Crippen LogP contribution in [0.15, 0.2) is 66.9 Å². The van der Waals surface area contributed by atoms with Crippen LogP contribution in [-0.2, 0) is 4.79 Å². The van der Waals surface area contributed by atoms with Crippen molar-refractivity contribution in [1.82, 2.24) is 29.4 Å². The molecule has 1 atom stereocenters. The van der Waals surface area contributed by atoms with Gasteiger partial charge in [-0.3, -0.25) is 9.36 Å². The highest BCUT2D eigenvalue weighted by Crippen LogP contribution is 2.33. The summed E-state index contributed by atoms with van der Waals surface area (Å²) in [5, 5.41) is 4.56. The van der Waals surface area contributed by atoms with Gasteiger partial charge in [0, 0.05) is 42.7 Å². The van der Waals surface area contributed by atoms with Crippen molar-refractivity contribution in [2.24, 2.45) is 5.92 Å². The minimum Gasteiger partial charge on any atom is -0.497 e. The van der Waals surface area contributed by atoms with Crippen LogP contribution in [-0.4, -0.2) is 61.6 Å². The highest BCUT2D eigenvalue weighted by molar-refractivity contribution is 5.86. The fraction of sp³-hybridized carbons (Fsp3) is 0.300. The molecular weight excluding hydrogens is 490 g/mol. The third-order valence-corrected chi connectivity index (χ3v) is 7.55. The van der Waals surface area contributed by atoms with Crippen LogP contribution < -0.4 is 10.1 Å². The number of anilines is 1. The van der Waals surface area contributed by atoms with E-state index < -0.39 is 0 Å². The summed E-state index contributed by atoms with van der Waals surface area (Å²) in [6.45, 7) is 1.52. The summed E-state index contributed by atoms with van der Waals surface area (Å²) in [6.07, 6.45) is 5.76. The second kappa shape index (κ2) is 9.65. The molecule has 1 N–H and O–H groups in total. The molecule has 0 bridgehead atoms. The Kier molecular flexibility index (Phi) is 5.83. The number of likely N-dealkylation sites (tertiary alicyclic amines) is 1. The number of pyridine rings is 1. The molecule has 0 spiro atoms. The minimum absolute atomic E-state index is 0.113. The van der Waals surface area contributed by atoms with Crippen LogP contribution in [0, 0.1) is 5.92 Å². The molecule has 196 valence electrons. The molecule has 1 amide bonds. The Labute approximate surface area is 225 Å². The average molecular weight is 520 g/mol. The number of nitrogens with zero attached hydrogens (tertiary/aromatic N) is 6. The molecule has 1 unspecified atom stereocenters. The Morgan fingerprint density at radius 3 is 2.74 bits per heavy atom. The van der Waals surface area contributed by atoms with Gasteiger partial charge in [0.1, 0.15) is 17.3 Å². The molecule has 2 aliphatic rings. The first-order valence-corrected chi connectivity index (χ1v) is 13.5. The molecule has 9 heteroatoms. The monoisotopic (exact) mass is 519 g/mol. The lowest BCUT2D eigenvalue weighted by atomic mass is 10.1. The van der Waals surface area contributed by atoms with Gasteiger partial charge in [-0.05, 0) is 56.0 Å². The predicted octanol–water partition coefficient (Wildman–Crippen LogP) is 4.85. The van der Waals surface area contributed by atoms with E-state index in [-0.39, 0.29) is 12.0 Å². The quantitative estimate of drug-likeness (QED) is 0.342. The number of aromatic nitrogens is 5. The van der Waals surface area contributed by atoms with E-state index >= 15 is 0 Å². The van der Waals surface area contributed by atoms with Crippen LogP contribution in [0.3, 0.4) is 0 Å². The fourth-order valence-electron chi connectivity index (χ4n) is 5.39. The molecule has 0 radical (unpaired) electrons. The number of piperidine rings is 1. The normalized spacial score (nSPS) is 17.5. The van der Waals surface area contributed by atoms with Gasteiger partial charge in [0.15, 0.2) is 5.82 Å². The van der Waals surface area contributed by atoms with Crippen LogP contribution >= 0.6 is 0 Å². The highest BCUT2D eigenvalue weighted by Gasteiger charge is 2.35. The van der Waals surface area contributed by atoms with Crippen molar-refractivity contribution in [1.29, 1.82) is 0 Å². The zero-order valence-electron chi connectivity index (χ0n) is 21.7. The van der Waals surface area contributed by atoms with Crippen molar-refractivity contribution >= 4 is 33.8 Å². The SMILES string of the molecule is COc1ccc2c(c1)nc(-c1ccc3ccccc3n1)n2-c1ccnc(NC2CCCN(C(=O)C3CC3)C2)n1. The maximum Gasteiger partial charge on any atom is 0.225 e. The van der Waals surface area contributed by atoms with Gasteiger partial charge >= 0.3 is 0 Å². The van der Waals surface area contributed by atoms with E-state index in [2.05, 4.69) is 16.4 Å². The number of nitrogens with one attached hydrogen (secondary N) is 1. The molecule has 1 saturated heterocycles. The van der Waals surface area contributed by atoms with E-state index in [4.69, 9.17) is 19.7 Å². The Morgan fingerprint density at radius 2 is 1.87 bits per heavy atom. The van der Waals surface area contributed by atoms with Crippen LogP contribution in [0.4, 0.5) is 5.95 Å². The molecule has 1 aliphatic carbocycles. The smallest absolute Gasteiger partial charge is 0.225 e. The first-order valence-electron chi connectivity index (χ1n) is 13.5. The van der Waals surface area contributed by atoms with E-state index in [0.29, 0.717) is 30.0 Å². The number of benzene rings is 2. The maximum atomic E-state index is 12.6. The molecule has 2 fully saturated rings. The standard InChI is InChI=1S/C30H29N7O2/c1-39-22-11-13-26-25(17-22)34-28(24-12-10-19-5-2-3-7-23(19)33-24)37(26)27-14-15-31-30(35-27)32-21-6-4-16-36(18-21)29(38)20-8-9-20/h2-3,5,7,10-15,17,20-21H,4,6,8-9,16,18H2,1H3,(H,31,32,35). The summed E-state index contributed by atoms with van der Waals surface area (Å²) < 4.78 is 7.48. The lowest BCUT2D eigenvalue weighted by Gasteiger charge is -2.33. The summed E-state index contributed by atoms with van der Waals surface area (Å²) >= 11 is 0. The van der Waals surface area contributed by atoms with Crippen LogP contribution in [0.25, 0.3) is 39.3 Å². The number of ether oxygens (including phenoxy) is 1. The van der Waals surface area contributed by atoms with Crippen LogP contribution in [0.1, 0.15) is 25.7 Å². The maximum absolute atomic E-state index is 12.6. The Balaban J connectivity index is 1.26. The van der Waals surface area contributed by atoms with Crippen molar-refractivity contribution in [2.45, 2.75) is 31.7 Å². The summed E-state index contributed by atoms with van der Waals surface area (Å²) in [5.41, 5.74) is 3.33. The topological polar surface area (TPSA) is 98.1 Å². The largest absolute Gasteiger partial charge is 0.497 e. The lowest BCUT2D eigenvalue weighted by molar-refractivity contribution is -0.133. The Bertz CT molecular complexity index is 1690. The third kappa shape index (κ3) is 4.54. The molecular formula is C30H29N7O2. The number of hydrogen-bond donors (Lipinski definition) is 1. The zero-order valence-corrected chi connectivity index (χ0v) is 21.7. The molecule has 3 aromatic heterocycles. The van der Waals surface area contributed by atoms with Gasteiger partial charge < -0.3 is 15.0 Å². The van der Waals surface area contributed by atoms with E-state index in [1.54, 1.807) is 13.3 Å². The van der Waals surface area contributed by atoms with Gasteiger partial charge in [0.25, 0.3) is 0 Å². The number of carbonyl (C=O) groups is 1. The van der Waals surface area contributed by atoms with Gasteiger partial charge in [-0.15, -0.1) is 0 Å². The summed E-state index contributed by atoms with van der Waals surface area (Å²) in [7, 11) is 1.65. The van der Waals surface area contributed by atoms with E-state index in [0.717, 1.165) is 65.6 Å². The highest BCUT2D eigenvalue weighted by atomic mass is 16.5. The van der Waals surface area contributed by atoms with E-state index in [1.807, 2.05) is 64.1 Å². The van der Waals surface area contributed by atoms with Gasteiger partial charge in [-0.25, -0.2) is 15.0 Å². The van der Waals surface area contributed by atoms with Crippen molar-refractivity contribution in [3.63, 3.8) is 0 Å². The molecule has 7 rings (SSSR count). The van der Waals surface area contributed by atoms with Crippen molar-refractivity contribution in [3.05, 3.63) is 66.9 Å². The number of rotatable bonds is 6. The van der Waals surface area contributed by atoms with Gasteiger partial charge in [-0.2, -0.15) is 4.98 Å². The number of imidazole rings is 1. The molecule has 4 heterocycles. The number of methoxy groups -OCH3 is 1. The second-order valence-electron chi connectivity index (χ2n) is 10.3. The van der Waals surface area contributed by atoms with Crippen molar-refractivity contribution in [3.8, 4) is 23.1 Å². The van der Waals surface area contributed by atoms with Crippen LogP contribution in [0.2, 0.25) is 0 Å². The average Bonchev–Trinajstić information content (AvgIpc) is 3.76. The number of carbonyl (C=O) groups excluding carboxylic acids is 1. The van der Waals surface area contributed by atoms with E-state index in [9.17, 15) is 4.79 Å². The first-order chi connectivity index (χ1) is 19.2. The Hall–Kier alpha value is -4.53. The molecule has 1 aliphatic heterocycles. The molecule has 2 aromatic carbocycles. The van der Waals surface area contributed by atoms with Gasteiger partial charge in [0.05, 0.1) is 23.7 Å². The zero-order chi connectivity index (χ0) is 26.3. The number of para-hydroxylation sites is 1. The van der Waals surface area contributed by atoms with E-state index in [1.165, 1.54) is 0 Å². The minimum atomic E-state index is 0.113. The molecule has 9 nitrogen and oxygen atoms in total. The Morgan fingerprint density at radius 1 is 0.974 bits per heavy atom. The number of hydrogen-bond acceptors (Lipinski definition) is 7. The molecule has 39 heavy (non-hydrogen) atoms. The van der Waals surface area contributed by atoms with Gasteiger partial charge in [-0.1, -0.05) is 24.3 Å². The second-order valence-corrected chi connectivity index (χ2v) is 10.3. The summed E-state index contributed by atoms with van der Waals surface area (Å²) in [5.74, 6) is 3.17. The molecule has 5 aromatic rings. The summed E-state index contributed by atoms with van der Waals surface area (Å²) in [4.78, 5) is 33.9. The van der Waals surface area contributed by atoms with Crippen molar-refractivity contribution < 1.29 is 9.53 Å². The fourth-order valence-corrected chi connectivity index (χ4v) is 5.39. The summed E-state index contributed by atoms with van der Waals surface area (Å²) in [6, 6.07) is 19.9. The van der Waals surface area contributed by atoms with Gasteiger partial charge in [0.2, 0.25) is 11.9 Å². The number of fused-ring (bicyclic) bond motifs is 2. The third-order valence-electron chi connectivity index (χ3n) is 7.55. The van der Waals surface area contributed by atoms with Crippen molar-refractivity contribution in [2.75, 3.05) is 25.5 Å².